The number of rotatable bonds is 4. The number of nitrogens with one attached hydrogen (secondary N) is 2. The Labute approximate surface area is 168 Å². The number of hydrogen-bond acceptors (Lipinski definition) is 2. The molecule has 0 aromatic heterocycles. The van der Waals surface area contributed by atoms with Gasteiger partial charge in [-0.25, -0.2) is 4.39 Å². The van der Waals surface area contributed by atoms with Crippen LogP contribution in [0.3, 0.4) is 0 Å². The molecule has 1 aliphatic rings. The number of nitrogens with zero attached hydrogens (tertiary/aromatic N) is 1. The van der Waals surface area contributed by atoms with Crippen LogP contribution in [-0.4, -0.2) is 18.2 Å². The van der Waals surface area contributed by atoms with E-state index in [9.17, 15) is 4.39 Å². The normalized spacial score (nSPS) is 15.4. The lowest BCUT2D eigenvalue weighted by atomic mass is 10.1. The zero-order chi connectivity index (χ0) is 18.5. The maximum atomic E-state index is 13.9. The van der Waals surface area contributed by atoms with Gasteiger partial charge in [-0.05, 0) is 74.3 Å². The number of benzene rings is 2. The molecule has 0 saturated carbocycles. The smallest absolute Gasteiger partial charge is 0.171 e. The van der Waals surface area contributed by atoms with Gasteiger partial charge in [0.1, 0.15) is 5.82 Å². The highest BCUT2D eigenvalue weighted by molar-refractivity contribution is 9.10. The van der Waals surface area contributed by atoms with Crippen LogP contribution in [0, 0.1) is 5.82 Å². The minimum absolute atomic E-state index is 0.0314. The van der Waals surface area contributed by atoms with Gasteiger partial charge in [-0.1, -0.05) is 28.1 Å². The highest BCUT2D eigenvalue weighted by atomic mass is 79.9. The van der Waals surface area contributed by atoms with Crippen molar-refractivity contribution >= 4 is 44.6 Å². The summed E-state index contributed by atoms with van der Waals surface area (Å²) < 4.78 is 14.6. The van der Waals surface area contributed by atoms with E-state index in [1.165, 1.54) is 31.0 Å². The monoisotopic (exact) mass is 435 g/mol. The van der Waals surface area contributed by atoms with Crippen LogP contribution in [0.1, 0.15) is 37.8 Å². The summed E-state index contributed by atoms with van der Waals surface area (Å²) in [6.07, 6.45) is 3.87. The van der Waals surface area contributed by atoms with Gasteiger partial charge in [0.05, 0.1) is 11.7 Å². The number of halogens is 2. The highest BCUT2D eigenvalue weighted by Crippen LogP contribution is 2.23. The first kappa shape index (κ1) is 19.1. The van der Waals surface area contributed by atoms with Crippen LogP contribution < -0.4 is 15.5 Å². The average molecular weight is 436 g/mol. The fourth-order valence-corrected chi connectivity index (χ4v) is 3.78. The maximum Gasteiger partial charge on any atom is 0.171 e. The number of thiocarbonyl (C=S) groups is 1. The lowest BCUT2D eigenvalue weighted by Crippen LogP contribution is -2.31. The van der Waals surface area contributed by atoms with Crippen LogP contribution in [0.4, 0.5) is 15.8 Å². The first-order valence-electron chi connectivity index (χ1n) is 8.90. The molecule has 2 aromatic rings. The van der Waals surface area contributed by atoms with Crippen LogP contribution in [0.15, 0.2) is 46.9 Å². The molecular formula is C20H23BrFN3S. The summed E-state index contributed by atoms with van der Waals surface area (Å²) in [4.78, 5) is 2.44. The molecule has 0 aliphatic carbocycles. The molecule has 26 heavy (non-hydrogen) atoms. The van der Waals surface area contributed by atoms with Gasteiger partial charge in [0, 0.05) is 23.2 Å². The van der Waals surface area contributed by atoms with Crippen LogP contribution >= 0.6 is 28.1 Å². The Balaban J connectivity index is 1.58. The highest BCUT2D eigenvalue weighted by Gasteiger charge is 2.13. The molecule has 0 bridgehead atoms. The molecule has 138 valence electrons. The van der Waals surface area contributed by atoms with Crippen molar-refractivity contribution in [3.05, 3.63) is 58.3 Å². The molecule has 0 unspecified atom stereocenters. The lowest BCUT2D eigenvalue weighted by Gasteiger charge is -2.29. The summed E-state index contributed by atoms with van der Waals surface area (Å²) >= 11 is 8.57. The van der Waals surface area contributed by atoms with Gasteiger partial charge in [0.2, 0.25) is 0 Å². The van der Waals surface area contributed by atoms with Crippen molar-refractivity contribution in [1.29, 1.82) is 0 Å². The standard InChI is InChI=1S/C20H23BrFN3S/c1-14(23-20(26)24-19-10-7-16(21)13-18(19)22)15-5-8-17(9-6-15)25-11-3-2-4-12-25/h5-10,13-14H,2-4,11-12H2,1H3,(H2,23,24,26)/t14-/m0/s1. The number of piperidine rings is 1. The van der Waals surface area contributed by atoms with Crippen molar-refractivity contribution in [1.82, 2.24) is 5.32 Å². The van der Waals surface area contributed by atoms with Crippen LogP contribution in [0.25, 0.3) is 0 Å². The van der Waals surface area contributed by atoms with Crippen molar-refractivity contribution in [2.75, 3.05) is 23.3 Å². The van der Waals surface area contributed by atoms with E-state index in [1.807, 2.05) is 6.92 Å². The van der Waals surface area contributed by atoms with Gasteiger partial charge in [0.15, 0.2) is 5.11 Å². The molecule has 2 N–H and O–H groups in total. The van der Waals surface area contributed by atoms with Crippen molar-refractivity contribution < 1.29 is 4.39 Å². The summed E-state index contributed by atoms with van der Waals surface area (Å²) in [5.41, 5.74) is 2.78. The van der Waals surface area contributed by atoms with E-state index in [2.05, 4.69) is 55.7 Å². The molecule has 6 heteroatoms. The minimum Gasteiger partial charge on any atom is -0.372 e. The van der Waals surface area contributed by atoms with E-state index in [0.717, 1.165) is 18.7 Å². The summed E-state index contributed by atoms with van der Waals surface area (Å²) in [6.45, 7) is 4.32. The Hall–Kier alpha value is -1.66. The molecule has 1 atom stereocenters. The topological polar surface area (TPSA) is 27.3 Å². The van der Waals surface area contributed by atoms with E-state index in [1.54, 1.807) is 12.1 Å². The number of hydrogen-bond donors (Lipinski definition) is 2. The molecule has 1 heterocycles. The van der Waals surface area contributed by atoms with E-state index < -0.39 is 0 Å². The quantitative estimate of drug-likeness (QED) is 0.608. The van der Waals surface area contributed by atoms with Gasteiger partial charge in [-0.3, -0.25) is 0 Å². The fraction of sp³-hybridized carbons (Fsp3) is 0.350. The van der Waals surface area contributed by atoms with Crippen molar-refractivity contribution in [2.24, 2.45) is 0 Å². The first-order valence-corrected chi connectivity index (χ1v) is 10.1. The zero-order valence-corrected chi connectivity index (χ0v) is 17.2. The first-order chi connectivity index (χ1) is 12.5. The van der Waals surface area contributed by atoms with Gasteiger partial charge in [-0.15, -0.1) is 0 Å². The van der Waals surface area contributed by atoms with E-state index in [-0.39, 0.29) is 11.9 Å². The third kappa shape index (κ3) is 4.95. The molecule has 1 fully saturated rings. The molecule has 0 radical (unpaired) electrons. The van der Waals surface area contributed by atoms with Crippen LogP contribution in [0.5, 0.6) is 0 Å². The predicted molar refractivity (Wildman–Crippen MR) is 114 cm³/mol. The molecule has 0 amide bonds. The van der Waals surface area contributed by atoms with E-state index >= 15 is 0 Å². The Morgan fingerprint density at radius 3 is 2.46 bits per heavy atom. The predicted octanol–water partition coefficient (Wildman–Crippen LogP) is 5.63. The SMILES string of the molecule is C[C@H](NC(=S)Nc1ccc(Br)cc1F)c1ccc(N2CCCCC2)cc1. The Bertz CT molecular complexity index is 760. The second-order valence-electron chi connectivity index (χ2n) is 6.58. The van der Waals surface area contributed by atoms with Crippen molar-refractivity contribution in [3.8, 4) is 0 Å². The molecule has 1 aliphatic heterocycles. The summed E-state index contributed by atoms with van der Waals surface area (Å²) in [5, 5.41) is 6.53. The summed E-state index contributed by atoms with van der Waals surface area (Å²) in [6, 6.07) is 13.5. The summed E-state index contributed by atoms with van der Waals surface area (Å²) in [5.74, 6) is -0.345. The number of anilines is 2. The van der Waals surface area contributed by atoms with Gasteiger partial charge in [0.25, 0.3) is 0 Å². The summed E-state index contributed by atoms with van der Waals surface area (Å²) in [7, 11) is 0. The third-order valence-electron chi connectivity index (χ3n) is 4.64. The minimum atomic E-state index is -0.345. The average Bonchev–Trinajstić information content (AvgIpc) is 2.65. The van der Waals surface area contributed by atoms with Gasteiger partial charge >= 0.3 is 0 Å². The fourth-order valence-electron chi connectivity index (χ4n) is 3.16. The molecule has 2 aromatic carbocycles. The van der Waals surface area contributed by atoms with E-state index in [0.29, 0.717) is 15.3 Å². The lowest BCUT2D eigenvalue weighted by molar-refractivity contribution is 0.577. The van der Waals surface area contributed by atoms with Gasteiger partial charge in [-0.2, -0.15) is 0 Å². The Morgan fingerprint density at radius 1 is 1.12 bits per heavy atom. The van der Waals surface area contributed by atoms with E-state index in [4.69, 9.17) is 12.2 Å². The molecule has 3 nitrogen and oxygen atoms in total. The maximum absolute atomic E-state index is 13.9. The zero-order valence-electron chi connectivity index (χ0n) is 14.8. The van der Waals surface area contributed by atoms with Crippen LogP contribution in [0.2, 0.25) is 0 Å². The van der Waals surface area contributed by atoms with Crippen molar-refractivity contribution in [2.45, 2.75) is 32.2 Å². The molecule has 3 rings (SSSR count). The van der Waals surface area contributed by atoms with Crippen molar-refractivity contribution in [3.63, 3.8) is 0 Å². The second-order valence-corrected chi connectivity index (χ2v) is 7.91. The largest absolute Gasteiger partial charge is 0.372 e. The van der Waals surface area contributed by atoms with Crippen LogP contribution in [-0.2, 0) is 0 Å². The molecule has 0 spiro atoms. The molecule has 1 saturated heterocycles. The third-order valence-corrected chi connectivity index (χ3v) is 5.35. The second kappa shape index (κ2) is 8.82. The van der Waals surface area contributed by atoms with Gasteiger partial charge < -0.3 is 15.5 Å². The molecular weight excluding hydrogens is 413 g/mol. The Morgan fingerprint density at radius 2 is 1.81 bits per heavy atom. The Kier molecular flexibility index (Phi) is 6.48.